The summed E-state index contributed by atoms with van der Waals surface area (Å²) < 4.78 is 13.8. The Kier molecular flexibility index (Phi) is 16.8. The van der Waals surface area contributed by atoms with Gasteiger partial charge in [-0.05, 0) is 174 Å². The zero-order valence-corrected chi connectivity index (χ0v) is 46.1. The number of para-hydroxylation sites is 2. The Hall–Kier alpha value is -6.78. The average molecular weight is 957 g/mol. The van der Waals surface area contributed by atoms with Crippen LogP contribution in [0.5, 0.6) is 5.75 Å². The molecule has 4 nitrogen and oxygen atoms in total. The normalized spacial score (nSPS) is 20.5. The first-order valence-electron chi connectivity index (χ1n) is 26.9. The van der Waals surface area contributed by atoms with Crippen LogP contribution in [0.3, 0.4) is 0 Å². The SMILES string of the molecule is C/C=C\C.C=Cc1c(C)oc2c(N(C3=C4C=CC5=CCC(N(C6=C7Oc8c(C)cccc8[C@@]7(C)CCC=C6)c6ccc(C)c(C)c6)C6=C5C4C(C=C6)C=C3)c3ccc(C)c(C)c3)cccc12.CC.CC.CC. The van der Waals surface area contributed by atoms with Gasteiger partial charge in [0.2, 0.25) is 0 Å². The highest BCUT2D eigenvalue weighted by atomic mass is 16.5. The van der Waals surface area contributed by atoms with Gasteiger partial charge < -0.3 is 19.0 Å². The van der Waals surface area contributed by atoms with Gasteiger partial charge in [-0.1, -0.05) is 151 Å². The third-order valence-electron chi connectivity index (χ3n) is 15.1. The topological polar surface area (TPSA) is 28.9 Å². The maximum Gasteiger partial charge on any atom is 0.158 e. The van der Waals surface area contributed by atoms with Crippen molar-refractivity contribution in [2.24, 2.45) is 11.8 Å². The van der Waals surface area contributed by atoms with E-state index in [4.69, 9.17) is 9.15 Å². The Balaban J connectivity index is 0.000000710. The maximum atomic E-state index is 7.13. The molecule has 0 N–H and O–H groups in total. The molecule has 0 saturated carbocycles. The summed E-state index contributed by atoms with van der Waals surface area (Å²) in [7, 11) is 0. The molecule has 3 unspecified atom stereocenters. The van der Waals surface area contributed by atoms with Crippen LogP contribution >= 0.6 is 0 Å². The molecular weight excluding hydrogens is 877 g/mol. The molecule has 374 valence electrons. The van der Waals surface area contributed by atoms with E-state index in [2.05, 4.69) is 185 Å². The number of rotatable bonds is 7. The molecule has 5 aromatic rings. The number of furan rings is 1. The smallest absolute Gasteiger partial charge is 0.158 e. The van der Waals surface area contributed by atoms with Crippen molar-refractivity contribution in [3.63, 3.8) is 0 Å². The second kappa shape index (κ2) is 22.7. The number of allylic oxidation sites excluding steroid dienone is 13. The number of ether oxygens (including phenoxy) is 1. The summed E-state index contributed by atoms with van der Waals surface area (Å²) in [6.07, 6.45) is 30.5. The minimum atomic E-state index is -0.245. The van der Waals surface area contributed by atoms with Gasteiger partial charge in [0, 0.05) is 45.4 Å². The van der Waals surface area contributed by atoms with E-state index in [-0.39, 0.29) is 23.3 Å². The van der Waals surface area contributed by atoms with Crippen LogP contribution in [-0.2, 0) is 5.41 Å². The number of aryl methyl sites for hydroxylation is 6. The van der Waals surface area contributed by atoms with E-state index >= 15 is 0 Å². The molecule has 4 heteroatoms. The number of nitrogens with zero attached hydrogens (tertiary/aromatic N) is 2. The Morgan fingerprint density at radius 3 is 2.03 bits per heavy atom. The van der Waals surface area contributed by atoms with Crippen molar-refractivity contribution in [1.82, 2.24) is 0 Å². The minimum absolute atomic E-state index is 0.0473. The minimum Gasteiger partial charge on any atom is -0.459 e. The monoisotopic (exact) mass is 957 g/mol. The Labute approximate surface area is 433 Å². The fourth-order valence-corrected chi connectivity index (χ4v) is 11.2. The second-order valence-electron chi connectivity index (χ2n) is 19.1. The molecule has 0 fully saturated rings. The van der Waals surface area contributed by atoms with Crippen molar-refractivity contribution in [3.05, 3.63) is 230 Å². The fourth-order valence-electron chi connectivity index (χ4n) is 11.2. The van der Waals surface area contributed by atoms with E-state index in [1.807, 2.05) is 80.5 Å². The summed E-state index contributed by atoms with van der Waals surface area (Å²) in [6, 6.07) is 27.0. The molecule has 6 aliphatic rings. The molecule has 2 heterocycles. The zero-order chi connectivity index (χ0) is 52.0. The van der Waals surface area contributed by atoms with E-state index in [0.717, 1.165) is 70.1 Å². The molecule has 4 atom stereocenters. The highest BCUT2D eigenvalue weighted by molar-refractivity contribution is 5.99. The number of fused-ring (bicyclic) bond motifs is 4. The maximum absolute atomic E-state index is 7.13. The van der Waals surface area contributed by atoms with E-state index in [1.54, 1.807) is 0 Å². The van der Waals surface area contributed by atoms with E-state index < -0.39 is 0 Å². The first-order chi connectivity index (χ1) is 35.0. The Morgan fingerprint density at radius 1 is 0.681 bits per heavy atom. The summed E-state index contributed by atoms with van der Waals surface area (Å²) in [5.74, 6) is 3.33. The van der Waals surface area contributed by atoms with Crippen LogP contribution in [0.2, 0.25) is 0 Å². The molecule has 4 aromatic carbocycles. The lowest BCUT2D eigenvalue weighted by molar-refractivity contribution is 0.360. The van der Waals surface area contributed by atoms with E-state index in [0.29, 0.717) is 0 Å². The summed E-state index contributed by atoms with van der Waals surface area (Å²) in [5.41, 5.74) is 20.4. The summed E-state index contributed by atoms with van der Waals surface area (Å²) in [4.78, 5) is 5.07. The van der Waals surface area contributed by atoms with Gasteiger partial charge in [-0.25, -0.2) is 0 Å². The fraction of sp³-hybridized carbons (Fsp3) is 0.324. The summed E-state index contributed by atoms with van der Waals surface area (Å²) in [6.45, 7) is 35.6. The molecule has 11 rings (SSSR count). The zero-order valence-electron chi connectivity index (χ0n) is 46.1. The molecule has 1 aliphatic heterocycles. The molecule has 0 amide bonds. The summed E-state index contributed by atoms with van der Waals surface area (Å²) >= 11 is 0. The summed E-state index contributed by atoms with van der Waals surface area (Å²) in [5, 5.41) is 1.08. The highest BCUT2D eigenvalue weighted by Gasteiger charge is 2.47. The van der Waals surface area contributed by atoms with Gasteiger partial charge >= 0.3 is 0 Å². The molecule has 5 aliphatic carbocycles. The van der Waals surface area contributed by atoms with Crippen molar-refractivity contribution < 1.29 is 9.15 Å². The van der Waals surface area contributed by atoms with Gasteiger partial charge in [0.1, 0.15) is 17.3 Å². The van der Waals surface area contributed by atoms with Crippen molar-refractivity contribution >= 4 is 34.1 Å². The largest absolute Gasteiger partial charge is 0.459 e. The van der Waals surface area contributed by atoms with Crippen LogP contribution in [0, 0.1) is 53.4 Å². The lowest BCUT2D eigenvalue weighted by Crippen LogP contribution is -2.42. The standard InChI is InChI=1S/C58H54N2O2.C4H8.3C2H6/c1-9-44-39(7)61-56-45(44)15-13-18-51(56)59(42-25-19-34(2)37(5)32-42)49-29-23-40-22-28-47-50(30-24-41-21-27-46(49)53(40)54(41)47)60(43-26-20-35(3)38(6)33-43)52-17-10-11-31-58(8)48-16-12-14-36(4)55(48)62-57(52)58;1-3-4-2;3*1-2/h9-10,12-29,32-33,40,50,53H,1,11,30-31H2,2-8H3;3-4H,1-2H3;3*1-2H3/b;4-3-;;;/t40?,50?,53?,58-;;;;/m1..../s1. The van der Waals surface area contributed by atoms with E-state index in [9.17, 15) is 0 Å². The number of anilines is 3. The van der Waals surface area contributed by atoms with Crippen LogP contribution < -0.4 is 14.5 Å². The van der Waals surface area contributed by atoms with E-state index in [1.165, 1.54) is 67.1 Å². The van der Waals surface area contributed by atoms with Crippen molar-refractivity contribution in [3.8, 4) is 5.75 Å². The molecule has 0 radical (unpaired) electrons. The highest BCUT2D eigenvalue weighted by Crippen LogP contribution is 2.56. The quantitative estimate of drug-likeness (QED) is 0.152. The van der Waals surface area contributed by atoms with Gasteiger partial charge in [0.05, 0.1) is 22.8 Å². The molecule has 0 spiro atoms. The Morgan fingerprint density at radius 2 is 1.35 bits per heavy atom. The molecule has 1 aromatic heterocycles. The van der Waals surface area contributed by atoms with Crippen LogP contribution in [0.25, 0.3) is 17.0 Å². The number of benzene rings is 4. The van der Waals surface area contributed by atoms with Crippen molar-refractivity contribution in [2.75, 3.05) is 9.80 Å². The first kappa shape index (κ1) is 53.0. The van der Waals surface area contributed by atoms with Crippen molar-refractivity contribution in [1.29, 1.82) is 0 Å². The van der Waals surface area contributed by atoms with Crippen LogP contribution in [0.15, 0.2) is 190 Å². The third-order valence-corrected chi connectivity index (χ3v) is 15.1. The van der Waals surface area contributed by atoms with Gasteiger partial charge in [-0.2, -0.15) is 0 Å². The predicted octanol–water partition coefficient (Wildman–Crippen LogP) is 19.3. The second-order valence-corrected chi connectivity index (χ2v) is 19.1. The lowest BCUT2D eigenvalue weighted by Gasteiger charge is -2.46. The van der Waals surface area contributed by atoms with Crippen LogP contribution in [0.1, 0.15) is 126 Å². The number of hydrogen-bond donors (Lipinski definition) is 0. The number of hydrogen-bond acceptors (Lipinski definition) is 4. The van der Waals surface area contributed by atoms with Crippen LogP contribution in [-0.4, -0.2) is 6.04 Å². The first-order valence-corrected chi connectivity index (χ1v) is 26.9. The molecule has 0 saturated heterocycles. The predicted molar refractivity (Wildman–Crippen MR) is 312 cm³/mol. The van der Waals surface area contributed by atoms with Crippen LogP contribution in [0.4, 0.5) is 17.1 Å². The third kappa shape index (κ3) is 9.30. The van der Waals surface area contributed by atoms with Gasteiger partial charge in [-0.3, -0.25) is 0 Å². The Bertz CT molecular complexity index is 3130. The molecule has 72 heavy (non-hydrogen) atoms. The molecular formula is C68H80N2O2. The average Bonchev–Trinajstić information content (AvgIpc) is 3.85. The van der Waals surface area contributed by atoms with Gasteiger partial charge in [-0.15, -0.1) is 0 Å². The van der Waals surface area contributed by atoms with Gasteiger partial charge in [0.25, 0.3) is 0 Å². The van der Waals surface area contributed by atoms with Gasteiger partial charge in [0.15, 0.2) is 5.58 Å². The lowest BCUT2D eigenvalue weighted by atomic mass is 9.64. The molecule has 0 bridgehead atoms. The van der Waals surface area contributed by atoms with Crippen molar-refractivity contribution in [2.45, 2.75) is 135 Å².